The molecule has 9 heteroatoms. The summed E-state index contributed by atoms with van der Waals surface area (Å²) in [6.07, 6.45) is 2.92. The molecule has 136 valence electrons. The fourth-order valence-corrected chi connectivity index (χ4v) is 5.02. The lowest BCUT2D eigenvalue weighted by atomic mass is 9.94. The summed E-state index contributed by atoms with van der Waals surface area (Å²) >= 11 is 0. The summed E-state index contributed by atoms with van der Waals surface area (Å²) < 4.78 is 24.9. The van der Waals surface area contributed by atoms with Gasteiger partial charge in [0.2, 0.25) is 5.65 Å². The van der Waals surface area contributed by atoms with Crippen LogP contribution < -0.4 is 5.32 Å². The van der Waals surface area contributed by atoms with Gasteiger partial charge in [-0.25, -0.2) is 18.4 Å². The average molecular weight is 372 g/mol. The number of aryl methyl sites for hydroxylation is 1. The molecule has 0 spiro atoms. The monoisotopic (exact) mass is 372 g/mol. The molecule has 0 radical (unpaired) electrons. The highest BCUT2D eigenvalue weighted by Gasteiger charge is 2.26. The van der Waals surface area contributed by atoms with E-state index in [1.807, 2.05) is 18.2 Å². The van der Waals surface area contributed by atoms with Crippen molar-refractivity contribution in [3.8, 4) is 0 Å². The first-order chi connectivity index (χ1) is 12.5. The van der Waals surface area contributed by atoms with E-state index in [0.29, 0.717) is 28.3 Å². The molecule has 0 unspecified atom stereocenters. The molecule has 0 aliphatic carbocycles. The smallest absolute Gasteiger partial charge is 0.206 e. The summed E-state index contributed by atoms with van der Waals surface area (Å²) in [5.74, 6) is 0.994. The number of sulfone groups is 1. The molecule has 4 rings (SSSR count). The number of hydrogen-bond acceptors (Lipinski definition) is 7. The predicted molar refractivity (Wildman–Crippen MR) is 97.5 cm³/mol. The molecule has 3 aromatic rings. The van der Waals surface area contributed by atoms with Crippen LogP contribution in [0.3, 0.4) is 0 Å². The van der Waals surface area contributed by atoms with Gasteiger partial charge < -0.3 is 5.32 Å². The molecule has 1 aliphatic heterocycles. The Hall–Kier alpha value is -2.55. The lowest BCUT2D eigenvalue weighted by Crippen LogP contribution is -2.21. The van der Waals surface area contributed by atoms with Crippen molar-refractivity contribution in [3.63, 3.8) is 0 Å². The van der Waals surface area contributed by atoms with Crippen LogP contribution in [-0.2, 0) is 16.3 Å². The van der Waals surface area contributed by atoms with Crippen molar-refractivity contribution in [2.24, 2.45) is 5.92 Å². The first kappa shape index (κ1) is 16.9. The number of anilines is 1. The molecule has 0 saturated carbocycles. The molecular formula is C17H20N6O2S. The van der Waals surface area contributed by atoms with E-state index in [1.165, 1.54) is 6.33 Å². The zero-order valence-electron chi connectivity index (χ0n) is 14.6. The van der Waals surface area contributed by atoms with Crippen LogP contribution in [0, 0.1) is 5.92 Å². The Bertz CT molecular complexity index is 1060. The van der Waals surface area contributed by atoms with E-state index in [-0.39, 0.29) is 17.7 Å². The number of nitrogens with zero attached hydrogens (tertiary/aromatic N) is 4. The van der Waals surface area contributed by atoms with E-state index in [1.54, 1.807) is 0 Å². The number of hydrogen-bond donors (Lipinski definition) is 2. The Kier molecular flexibility index (Phi) is 4.10. The van der Waals surface area contributed by atoms with Crippen LogP contribution in [0.4, 0.5) is 5.82 Å². The number of rotatable bonds is 4. The maximum Gasteiger partial charge on any atom is 0.206 e. The van der Waals surface area contributed by atoms with Gasteiger partial charge in [-0.15, -0.1) is 5.10 Å². The van der Waals surface area contributed by atoms with E-state index in [2.05, 4.69) is 44.5 Å². The van der Waals surface area contributed by atoms with Gasteiger partial charge in [0.25, 0.3) is 0 Å². The van der Waals surface area contributed by atoms with Crippen molar-refractivity contribution in [2.75, 3.05) is 11.1 Å². The van der Waals surface area contributed by atoms with Gasteiger partial charge in [-0.2, -0.15) is 10.3 Å². The zero-order chi connectivity index (χ0) is 18.3. The summed E-state index contributed by atoms with van der Waals surface area (Å²) in [7, 11) is -3.20. The van der Waals surface area contributed by atoms with Gasteiger partial charge in [-0.3, -0.25) is 0 Å². The third-order valence-electron chi connectivity index (χ3n) is 4.72. The highest BCUT2D eigenvalue weighted by atomic mass is 32.2. The van der Waals surface area contributed by atoms with Crippen molar-refractivity contribution in [3.05, 3.63) is 35.7 Å². The second-order valence-electron chi connectivity index (χ2n) is 6.87. The third-order valence-corrected chi connectivity index (χ3v) is 6.60. The Balaban J connectivity index is 1.75. The molecule has 1 atom stereocenters. The van der Waals surface area contributed by atoms with Crippen LogP contribution in [0.2, 0.25) is 0 Å². The highest BCUT2D eigenvalue weighted by Crippen LogP contribution is 2.32. The van der Waals surface area contributed by atoms with Crippen molar-refractivity contribution < 1.29 is 8.42 Å². The standard InChI is InChI=1S/C17H20N6O2S/c1-10(2)14(20-16-15-17(19-9-18-16)22-23-21-15)12-6-5-11-4-3-7-26(24,25)13(11)8-12/h5-6,8-10,14H,3-4,7H2,1-2H3,(H2,18,19,20,21,22,23)/t14-/m0/s1. The lowest BCUT2D eigenvalue weighted by Gasteiger charge is -2.25. The minimum Gasteiger partial charge on any atom is -0.361 e. The summed E-state index contributed by atoms with van der Waals surface area (Å²) in [6.45, 7) is 4.15. The average Bonchev–Trinajstić information content (AvgIpc) is 3.08. The molecule has 8 nitrogen and oxygen atoms in total. The van der Waals surface area contributed by atoms with Gasteiger partial charge in [0.05, 0.1) is 16.7 Å². The molecule has 0 amide bonds. The molecule has 0 saturated heterocycles. The van der Waals surface area contributed by atoms with Crippen LogP contribution >= 0.6 is 0 Å². The number of fused-ring (bicyclic) bond motifs is 2. The van der Waals surface area contributed by atoms with E-state index < -0.39 is 9.84 Å². The molecule has 26 heavy (non-hydrogen) atoms. The fourth-order valence-electron chi connectivity index (χ4n) is 3.39. The largest absolute Gasteiger partial charge is 0.361 e. The van der Waals surface area contributed by atoms with E-state index in [0.717, 1.165) is 17.5 Å². The maximum atomic E-state index is 12.5. The highest BCUT2D eigenvalue weighted by molar-refractivity contribution is 7.91. The minimum absolute atomic E-state index is 0.118. The van der Waals surface area contributed by atoms with Gasteiger partial charge in [0.1, 0.15) is 6.33 Å². The first-order valence-corrected chi connectivity index (χ1v) is 10.2. The maximum absolute atomic E-state index is 12.5. The second kappa shape index (κ2) is 6.31. The predicted octanol–water partition coefficient (Wildman–Crippen LogP) is 2.28. The van der Waals surface area contributed by atoms with E-state index in [9.17, 15) is 8.42 Å². The van der Waals surface area contributed by atoms with Crippen LogP contribution in [0.5, 0.6) is 0 Å². The number of H-pyrrole nitrogens is 1. The van der Waals surface area contributed by atoms with Crippen molar-refractivity contribution >= 4 is 26.8 Å². The Morgan fingerprint density at radius 3 is 2.85 bits per heavy atom. The summed E-state index contributed by atoms with van der Waals surface area (Å²) in [5, 5.41) is 14.0. The minimum atomic E-state index is -3.20. The SMILES string of the molecule is CC(C)[C@H](Nc1ncnc2n[nH]nc12)c1ccc2c(c1)S(=O)(=O)CCC2. The van der Waals surface area contributed by atoms with Crippen LogP contribution in [-0.4, -0.2) is 39.5 Å². The number of nitrogens with one attached hydrogen (secondary N) is 2. The van der Waals surface area contributed by atoms with Gasteiger partial charge in [0, 0.05) is 0 Å². The summed E-state index contributed by atoms with van der Waals surface area (Å²) in [4.78, 5) is 8.81. The third kappa shape index (κ3) is 2.92. The van der Waals surface area contributed by atoms with E-state index >= 15 is 0 Å². The van der Waals surface area contributed by atoms with Crippen molar-refractivity contribution in [1.29, 1.82) is 0 Å². The molecule has 1 aliphatic rings. The number of benzene rings is 1. The molecular weight excluding hydrogens is 352 g/mol. The van der Waals surface area contributed by atoms with Gasteiger partial charge >= 0.3 is 0 Å². The molecule has 2 aromatic heterocycles. The summed E-state index contributed by atoms with van der Waals surface area (Å²) in [5.41, 5.74) is 2.87. The molecule has 0 fully saturated rings. The Labute approximate surface area is 151 Å². The topological polar surface area (TPSA) is 114 Å². The zero-order valence-corrected chi connectivity index (χ0v) is 15.4. The van der Waals surface area contributed by atoms with E-state index in [4.69, 9.17) is 0 Å². The number of aromatic nitrogens is 5. The number of aromatic amines is 1. The molecule has 3 heterocycles. The first-order valence-electron chi connectivity index (χ1n) is 8.59. The molecule has 0 bridgehead atoms. The van der Waals surface area contributed by atoms with Gasteiger partial charge in [-0.05, 0) is 36.0 Å². The van der Waals surface area contributed by atoms with Crippen LogP contribution in [0.15, 0.2) is 29.4 Å². The fraction of sp³-hybridized carbons (Fsp3) is 0.412. The molecule has 1 aromatic carbocycles. The summed E-state index contributed by atoms with van der Waals surface area (Å²) in [6, 6.07) is 5.62. The lowest BCUT2D eigenvalue weighted by molar-refractivity contribution is 0.542. The van der Waals surface area contributed by atoms with Crippen LogP contribution in [0.25, 0.3) is 11.2 Å². The van der Waals surface area contributed by atoms with Crippen molar-refractivity contribution in [1.82, 2.24) is 25.4 Å². The quantitative estimate of drug-likeness (QED) is 0.722. The van der Waals surface area contributed by atoms with Crippen molar-refractivity contribution in [2.45, 2.75) is 37.6 Å². The van der Waals surface area contributed by atoms with Crippen LogP contribution in [0.1, 0.15) is 37.4 Å². The van der Waals surface area contributed by atoms with Gasteiger partial charge in [-0.1, -0.05) is 26.0 Å². The Morgan fingerprint density at radius 2 is 2.04 bits per heavy atom. The van der Waals surface area contributed by atoms with Gasteiger partial charge in [0.15, 0.2) is 21.2 Å². The second-order valence-corrected chi connectivity index (χ2v) is 8.95. The normalized spacial score (nSPS) is 17.2. The Morgan fingerprint density at radius 1 is 1.19 bits per heavy atom. The molecule has 2 N–H and O–H groups in total.